The van der Waals surface area contributed by atoms with Crippen LogP contribution in [0, 0.1) is 46.3 Å². The van der Waals surface area contributed by atoms with Gasteiger partial charge in [-0.15, -0.1) is 0 Å². The molecule has 0 radical (unpaired) electrons. The van der Waals surface area contributed by atoms with Gasteiger partial charge in [-0.3, -0.25) is 9.59 Å². The molecule has 10 atom stereocenters. The Morgan fingerprint density at radius 3 is 2.50 bits per heavy atom. The standard InChI is InChI=1S/C26H43NO5/c1-15(4-9-23(30)27-14-24(31)32)19-7-8-20-18-6-5-16-12-17(28)10-11-25(16,2)21(18)13-22(29)26(19,20)3/h15-22,28-29H,4-14H2,1-3H3,(H,27,30)(H,31,32). The summed E-state index contributed by atoms with van der Waals surface area (Å²) in [5, 5.41) is 33.0. The van der Waals surface area contributed by atoms with E-state index in [0.717, 1.165) is 44.9 Å². The zero-order valence-corrected chi connectivity index (χ0v) is 20.1. The number of rotatable bonds is 6. The maximum Gasteiger partial charge on any atom is 0.322 e. The molecular formula is C26H43NO5. The molecule has 0 aliphatic heterocycles. The highest BCUT2D eigenvalue weighted by Gasteiger charge is 2.63. The van der Waals surface area contributed by atoms with Gasteiger partial charge in [0.1, 0.15) is 6.54 Å². The van der Waals surface area contributed by atoms with Crippen molar-refractivity contribution in [2.45, 2.75) is 97.2 Å². The zero-order valence-electron chi connectivity index (χ0n) is 20.1. The third kappa shape index (κ3) is 4.00. The first kappa shape index (κ1) is 24.0. The molecule has 4 N–H and O–H groups in total. The maximum absolute atomic E-state index is 12.0. The minimum atomic E-state index is -1.02. The van der Waals surface area contributed by atoms with E-state index in [-0.39, 0.29) is 35.5 Å². The second kappa shape index (κ2) is 8.90. The summed E-state index contributed by atoms with van der Waals surface area (Å²) in [6.45, 7) is 6.65. The predicted molar refractivity (Wildman–Crippen MR) is 122 cm³/mol. The van der Waals surface area contributed by atoms with E-state index in [1.54, 1.807) is 0 Å². The van der Waals surface area contributed by atoms with Crippen molar-refractivity contribution < 1.29 is 24.9 Å². The molecule has 4 saturated carbocycles. The summed E-state index contributed by atoms with van der Waals surface area (Å²) in [5.74, 6) is 1.84. The van der Waals surface area contributed by atoms with Gasteiger partial charge in [-0.1, -0.05) is 20.8 Å². The first-order valence-corrected chi connectivity index (χ1v) is 12.9. The first-order valence-electron chi connectivity index (χ1n) is 12.9. The number of nitrogens with one attached hydrogen (secondary N) is 1. The Morgan fingerprint density at radius 2 is 1.78 bits per heavy atom. The van der Waals surface area contributed by atoms with Crippen LogP contribution in [0.2, 0.25) is 0 Å². The fourth-order valence-electron chi connectivity index (χ4n) is 8.98. The summed E-state index contributed by atoms with van der Waals surface area (Å²) in [4.78, 5) is 22.7. The number of fused-ring (bicyclic) bond motifs is 5. The van der Waals surface area contributed by atoms with Gasteiger partial charge in [-0.2, -0.15) is 0 Å². The van der Waals surface area contributed by atoms with Crippen molar-refractivity contribution in [3.05, 3.63) is 0 Å². The molecular weight excluding hydrogens is 406 g/mol. The monoisotopic (exact) mass is 449 g/mol. The fourth-order valence-corrected chi connectivity index (χ4v) is 8.98. The lowest BCUT2D eigenvalue weighted by Crippen LogP contribution is -2.58. The average molecular weight is 450 g/mol. The van der Waals surface area contributed by atoms with Crippen LogP contribution in [0.25, 0.3) is 0 Å². The van der Waals surface area contributed by atoms with Crippen molar-refractivity contribution in [2.24, 2.45) is 46.3 Å². The number of amides is 1. The van der Waals surface area contributed by atoms with E-state index in [2.05, 4.69) is 26.1 Å². The Kier molecular flexibility index (Phi) is 6.68. The Hall–Kier alpha value is -1.14. The molecule has 4 aliphatic carbocycles. The molecule has 1 amide bonds. The molecule has 4 fully saturated rings. The van der Waals surface area contributed by atoms with Crippen LogP contribution < -0.4 is 5.32 Å². The third-order valence-electron chi connectivity index (χ3n) is 10.8. The van der Waals surface area contributed by atoms with Gasteiger partial charge in [0.2, 0.25) is 5.91 Å². The van der Waals surface area contributed by atoms with Gasteiger partial charge in [0.25, 0.3) is 0 Å². The Morgan fingerprint density at radius 1 is 1.03 bits per heavy atom. The first-order chi connectivity index (χ1) is 15.1. The summed E-state index contributed by atoms with van der Waals surface area (Å²) < 4.78 is 0. The molecule has 6 heteroatoms. The Balaban J connectivity index is 1.45. The van der Waals surface area contributed by atoms with Gasteiger partial charge in [-0.05, 0) is 104 Å². The van der Waals surface area contributed by atoms with Crippen LogP contribution in [0.15, 0.2) is 0 Å². The van der Waals surface area contributed by atoms with Crippen LogP contribution in [-0.2, 0) is 9.59 Å². The summed E-state index contributed by atoms with van der Waals surface area (Å²) >= 11 is 0. The molecule has 0 bridgehead atoms. The quantitative estimate of drug-likeness (QED) is 0.496. The van der Waals surface area contributed by atoms with Crippen LogP contribution in [0.4, 0.5) is 0 Å². The van der Waals surface area contributed by atoms with Gasteiger partial charge < -0.3 is 20.6 Å². The van der Waals surface area contributed by atoms with E-state index < -0.39 is 5.97 Å². The van der Waals surface area contributed by atoms with E-state index in [1.807, 2.05) is 0 Å². The highest BCUT2D eigenvalue weighted by Crippen LogP contribution is 2.68. The van der Waals surface area contributed by atoms with Crippen LogP contribution >= 0.6 is 0 Å². The number of carboxylic acid groups (broad SMARTS) is 1. The van der Waals surface area contributed by atoms with Crippen LogP contribution in [0.5, 0.6) is 0 Å². The van der Waals surface area contributed by atoms with Crippen molar-refractivity contribution in [2.75, 3.05) is 6.54 Å². The SMILES string of the molecule is CC(CCC(=O)NCC(=O)O)C1CCC2C3CCC4CC(O)CCC4(C)C3CC(O)C12C. The highest BCUT2D eigenvalue weighted by molar-refractivity contribution is 5.81. The number of carbonyl (C=O) groups excluding carboxylic acids is 1. The van der Waals surface area contributed by atoms with Gasteiger partial charge in [0.15, 0.2) is 0 Å². The molecule has 0 heterocycles. The minimum Gasteiger partial charge on any atom is -0.480 e. The van der Waals surface area contributed by atoms with E-state index in [0.29, 0.717) is 41.9 Å². The Bertz CT molecular complexity index is 727. The summed E-state index contributed by atoms with van der Waals surface area (Å²) in [5.41, 5.74) is 0.145. The molecule has 32 heavy (non-hydrogen) atoms. The Labute approximate surface area is 192 Å². The van der Waals surface area contributed by atoms with Crippen LogP contribution in [-0.4, -0.2) is 45.9 Å². The van der Waals surface area contributed by atoms with Crippen molar-refractivity contribution in [3.8, 4) is 0 Å². The van der Waals surface area contributed by atoms with Gasteiger partial charge in [-0.25, -0.2) is 0 Å². The number of carboxylic acids is 1. The molecule has 10 unspecified atom stereocenters. The summed E-state index contributed by atoms with van der Waals surface area (Å²) in [6.07, 6.45) is 9.12. The molecule has 0 spiro atoms. The summed E-state index contributed by atoms with van der Waals surface area (Å²) in [6, 6.07) is 0. The van der Waals surface area contributed by atoms with Gasteiger partial charge in [0, 0.05) is 6.42 Å². The smallest absolute Gasteiger partial charge is 0.322 e. The van der Waals surface area contributed by atoms with E-state index in [4.69, 9.17) is 5.11 Å². The third-order valence-corrected chi connectivity index (χ3v) is 10.8. The van der Waals surface area contributed by atoms with E-state index in [1.165, 1.54) is 12.8 Å². The lowest BCUT2D eigenvalue weighted by molar-refractivity contribution is -0.175. The molecule has 4 aliphatic rings. The van der Waals surface area contributed by atoms with Crippen LogP contribution in [0.3, 0.4) is 0 Å². The minimum absolute atomic E-state index is 0.102. The number of carbonyl (C=O) groups is 2. The number of aliphatic carboxylic acids is 1. The largest absolute Gasteiger partial charge is 0.480 e. The molecule has 182 valence electrons. The van der Waals surface area contributed by atoms with E-state index >= 15 is 0 Å². The number of aliphatic hydroxyl groups is 2. The number of hydrogen-bond acceptors (Lipinski definition) is 4. The van der Waals surface area contributed by atoms with Gasteiger partial charge >= 0.3 is 5.97 Å². The van der Waals surface area contributed by atoms with E-state index in [9.17, 15) is 19.8 Å². The molecule has 0 aromatic carbocycles. The van der Waals surface area contributed by atoms with Gasteiger partial charge in [0.05, 0.1) is 12.2 Å². The molecule has 4 rings (SSSR count). The van der Waals surface area contributed by atoms with Crippen molar-refractivity contribution in [1.29, 1.82) is 0 Å². The predicted octanol–water partition coefficient (Wildman–Crippen LogP) is 3.59. The topological polar surface area (TPSA) is 107 Å². The van der Waals surface area contributed by atoms with Crippen molar-refractivity contribution in [1.82, 2.24) is 5.32 Å². The van der Waals surface area contributed by atoms with Crippen LogP contribution in [0.1, 0.15) is 85.0 Å². The molecule has 6 nitrogen and oxygen atoms in total. The zero-order chi connectivity index (χ0) is 23.3. The maximum atomic E-state index is 12.0. The molecule has 0 aromatic rings. The van der Waals surface area contributed by atoms with Crippen molar-refractivity contribution in [3.63, 3.8) is 0 Å². The highest BCUT2D eigenvalue weighted by atomic mass is 16.4. The lowest BCUT2D eigenvalue weighted by atomic mass is 9.43. The molecule has 0 saturated heterocycles. The molecule has 0 aromatic heterocycles. The second-order valence-corrected chi connectivity index (χ2v) is 12.1. The second-order valence-electron chi connectivity index (χ2n) is 12.1. The van der Waals surface area contributed by atoms with Crippen molar-refractivity contribution >= 4 is 11.9 Å². The lowest BCUT2D eigenvalue weighted by Gasteiger charge is -2.62. The fraction of sp³-hybridized carbons (Fsp3) is 0.923. The average Bonchev–Trinajstić information content (AvgIpc) is 3.10. The summed E-state index contributed by atoms with van der Waals surface area (Å²) in [7, 11) is 0. The number of hydrogen-bond donors (Lipinski definition) is 4. The normalized spacial score (nSPS) is 46.5. The number of aliphatic hydroxyl groups excluding tert-OH is 2.